The van der Waals surface area contributed by atoms with Crippen molar-refractivity contribution < 1.29 is 9.90 Å². The molecule has 0 amide bonds. The molecule has 1 N–H and O–H groups in total. The summed E-state index contributed by atoms with van der Waals surface area (Å²) in [7, 11) is 0. The molecular formula is C16H18N2O3. The highest BCUT2D eigenvalue weighted by molar-refractivity contribution is 5.95. The second-order valence-electron chi connectivity index (χ2n) is 5.14. The monoisotopic (exact) mass is 286 g/mol. The van der Waals surface area contributed by atoms with Crippen LogP contribution in [0.1, 0.15) is 42.6 Å². The molecule has 0 unspecified atom stereocenters. The van der Waals surface area contributed by atoms with Crippen molar-refractivity contribution in [3.63, 3.8) is 0 Å². The largest absolute Gasteiger partial charge is 0.477 e. The van der Waals surface area contributed by atoms with Gasteiger partial charge in [-0.05, 0) is 24.0 Å². The number of benzene rings is 1. The molecule has 5 nitrogen and oxygen atoms in total. The van der Waals surface area contributed by atoms with Gasteiger partial charge in [0, 0.05) is 12.1 Å². The molecule has 0 saturated carbocycles. The zero-order chi connectivity index (χ0) is 15.6. The maximum Gasteiger partial charge on any atom is 0.342 e. The van der Waals surface area contributed by atoms with Gasteiger partial charge in [-0.25, -0.2) is 9.48 Å². The van der Waals surface area contributed by atoms with E-state index in [1.165, 1.54) is 6.20 Å². The van der Waals surface area contributed by atoms with E-state index in [2.05, 4.69) is 18.9 Å². The summed E-state index contributed by atoms with van der Waals surface area (Å²) in [5.41, 5.74) is 1.39. The Kier molecular flexibility index (Phi) is 4.21. The first-order valence-electron chi connectivity index (χ1n) is 6.89. The molecule has 2 rings (SSSR count). The fourth-order valence-electron chi connectivity index (χ4n) is 2.19. The van der Waals surface area contributed by atoms with Gasteiger partial charge in [-0.15, -0.1) is 0 Å². The van der Waals surface area contributed by atoms with E-state index in [9.17, 15) is 14.7 Å². The van der Waals surface area contributed by atoms with Gasteiger partial charge in [0.05, 0.1) is 6.20 Å². The first-order chi connectivity index (χ1) is 9.95. The van der Waals surface area contributed by atoms with E-state index in [-0.39, 0.29) is 5.56 Å². The minimum atomic E-state index is -1.23. The molecule has 1 heterocycles. The van der Waals surface area contributed by atoms with E-state index < -0.39 is 11.5 Å². The van der Waals surface area contributed by atoms with Crippen molar-refractivity contribution in [3.05, 3.63) is 51.9 Å². The van der Waals surface area contributed by atoms with Crippen LogP contribution in [0.3, 0.4) is 0 Å². The minimum absolute atomic E-state index is 0.232. The Morgan fingerprint density at radius 3 is 2.38 bits per heavy atom. The Balaban J connectivity index is 2.61. The molecule has 5 heteroatoms. The molecule has 0 spiro atoms. The van der Waals surface area contributed by atoms with Gasteiger partial charge in [-0.1, -0.05) is 38.1 Å². The van der Waals surface area contributed by atoms with Gasteiger partial charge in [-0.3, -0.25) is 4.79 Å². The van der Waals surface area contributed by atoms with E-state index in [0.717, 1.165) is 10.2 Å². The lowest BCUT2D eigenvalue weighted by Gasteiger charge is -2.10. The van der Waals surface area contributed by atoms with Crippen LogP contribution in [-0.2, 0) is 6.54 Å². The standard InChI is InChI=1S/C16H18N2O3/c1-4-18-15(19)14(16(20)21)13(9-17-18)12-7-5-11(6-8-12)10(2)3/h5-10H,4H2,1-3H3,(H,20,21). The predicted molar refractivity (Wildman–Crippen MR) is 80.7 cm³/mol. The van der Waals surface area contributed by atoms with Crippen molar-refractivity contribution in [2.24, 2.45) is 0 Å². The number of aromatic carboxylic acids is 1. The summed E-state index contributed by atoms with van der Waals surface area (Å²) in [6.45, 7) is 6.26. The van der Waals surface area contributed by atoms with Gasteiger partial charge < -0.3 is 5.11 Å². The van der Waals surface area contributed by atoms with Gasteiger partial charge in [0.1, 0.15) is 5.56 Å². The molecule has 0 fully saturated rings. The van der Waals surface area contributed by atoms with Gasteiger partial charge in [0.2, 0.25) is 0 Å². The van der Waals surface area contributed by atoms with E-state index in [1.54, 1.807) is 6.92 Å². The SMILES string of the molecule is CCn1ncc(-c2ccc(C(C)C)cc2)c(C(=O)O)c1=O. The molecule has 21 heavy (non-hydrogen) atoms. The topological polar surface area (TPSA) is 72.2 Å². The zero-order valence-corrected chi connectivity index (χ0v) is 12.3. The molecule has 1 aromatic heterocycles. The molecule has 110 valence electrons. The number of hydrogen-bond acceptors (Lipinski definition) is 3. The number of aryl methyl sites for hydroxylation is 1. The fourth-order valence-corrected chi connectivity index (χ4v) is 2.19. The summed E-state index contributed by atoms with van der Waals surface area (Å²) < 4.78 is 1.15. The van der Waals surface area contributed by atoms with Gasteiger partial charge in [0.15, 0.2) is 0 Å². The Morgan fingerprint density at radius 2 is 1.90 bits per heavy atom. The third-order valence-corrected chi connectivity index (χ3v) is 3.45. The zero-order valence-electron chi connectivity index (χ0n) is 12.3. The minimum Gasteiger partial charge on any atom is -0.477 e. The van der Waals surface area contributed by atoms with Gasteiger partial charge in [-0.2, -0.15) is 5.10 Å². The molecule has 0 saturated heterocycles. The van der Waals surface area contributed by atoms with E-state index in [0.29, 0.717) is 23.6 Å². The van der Waals surface area contributed by atoms with E-state index in [1.807, 2.05) is 24.3 Å². The highest BCUT2D eigenvalue weighted by Crippen LogP contribution is 2.23. The maximum absolute atomic E-state index is 12.1. The lowest BCUT2D eigenvalue weighted by Crippen LogP contribution is -2.28. The lowest BCUT2D eigenvalue weighted by molar-refractivity contribution is 0.0694. The van der Waals surface area contributed by atoms with Gasteiger partial charge >= 0.3 is 5.97 Å². The van der Waals surface area contributed by atoms with Gasteiger partial charge in [0.25, 0.3) is 5.56 Å². The summed E-state index contributed by atoms with van der Waals surface area (Å²) in [6.07, 6.45) is 1.44. The van der Waals surface area contributed by atoms with Crippen molar-refractivity contribution in [2.45, 2.75) is 33.2 Å². The highest BCUT2D eigenvalue weighted by Gasteiger charge is 2.18. The number of nitrogens with zero attached hydrogens (tertiary/aromatic N) is 2. The Bertz CT molecular complexity index is 715. The number of hydrogen-bond donors (Lipinski definition) is 1. The Hall–Kier alpha value is -2.43. The quantitative estimate of drug-likeness (QED) is 0.938. The average molecular weight is 286 g/mol. The van der Waals surface area contributed by atoms with Crippen LogP contribution < -0.4 is 5.56 Å². The second kappa shape index (κ2) is 5.91. The van der Waals surface area contributed by atoms with Crippen LogP contribution >= 0.6 is 0 Å². The van der Waals surface area contributed by atoms with Crippen molar-refractivity contribution >= 4 is 5.97 Å². The number of carboxylic acid groups (broad SMARTS) is 1. The summed E-state index contributed by atoms with van der Waals surface area (Å²) in [4.78, 5) is 23.5. The molecule has 0 aliphatic heterocycles. The molecule has 0 aliphatic rings. The Labute approximate surface area is 122 Å². The van der Waals surface area contributed by atoms with E-state index in [4.69, 9.17) is 0 Å². The summed E-state index contributed by atoms with van der Waals surface area (Å²) in [5, 5.41) is 13.3. The summed E-state index contributed by atoms with van der Waals surface area (Å²) in [6, 6.07) is 7.54. The first-order valence-corrected chi connectivity index (χ1v) is 6.89. The predicted octanol–water partition coefficient (Wildman–Crippen LogP) is 2.75. The Morgan fingerprint density at radius 1 is 1.29 bits per heavy atom. The number of carboxylic acids is 1. The van der Waals surface area contributed by atoms with Crippen molar-refractivity contribution in [3.8, 4) is 11.1 Å². The molecule has 0 bridgehead atoms. The molecule has 1 aromatic carbocycles. The summed E-state index contributed by atoms with van der Waals surface area (Å²) >= 11 is 0. The lowest BCUT2D eigenvalue weighted by atomic mass is 9.97. The van der Waals surface area contributed by atoms with Crippen molar-refractivity contribution in [2.75, 3.05) is 0 Å². The first kappa shape index (κ1) is 15.0. The van der Waals surface area contributed by atoms with Crippen LogP contribution in [0.25, 0.3) is 11.1 Å². The van der Waals surface area contributed by atoms with Crippen LogP contribution in [-0.4, -0.2) is 20.9 Å². The van der Waals surface area contributed by atoms with E-state index >= 15 is 0 Å². The normalized spacial score (nSPS) is 10.9. The van der Waals surface area contributed by atoms with Crippen LogP contribution in [0, 0.1) is 0 Å². The molecule has 2 aromatic rings. The molecule has 0 radical (unpaired) electrons. The number of rotatable bonds is 4. The summed E-state index contributed by atoms with van der Waals surface area (Å²) in [5.74, 6) is -0.836. The molecule has 0 aliphatic carbocycles. The third kappa shape index (κ3) is 2.86. The maximum atomic E-state index is 12.1. The van der Waals surface area contributed by atoms with Crippen LogP contribution in [0.2, 0.25) is 0 Å². The molecular weight excluding hydrogens is 268 g/mol. The van der Waals surface area contributed by atoms with Crippen LogP contribution in [0.5, 0.6) is 0 Å². The van der Waals surface area contributed by atoms with Crippen molar-refractivity contribution in [1.29, 1.82) is 0 Å². The second-order valence-corrected chi connectivity index (χ2v) is 5.14. The van der Waals surface area contributed by atoms with Crippen molar-refractivity contribution in [1.82, 2.24) is 9.78 Å². The third-order valence-electron chi connectivity index (χ3n) is 3.45. The smallest absolute Gasteiger partial charge is 0.342 e. The molecule has 0 atom stereocenters. The fraction of sp³-hybridized carbons (Fsp3) is 0.312. The highest BCUT2D eigenvalue weighted by atomic mass is 16.4. The average Bonchev–Trinajstić information content (AvgIpc) is 2.46. The number of aromatic nitrogens is 2. The number of carbonyl (C=O) groups is 1. The van der Waals surface area contributed by atoms with Crippen LogP contribution in [0.15, 0.2) is 35.3 Å². The van der Waals surface area contributed by atoms with Crippen LogP contribution in [0.4, 0.5) is 0 Å².